The van der Waals surface area contributed by atoms with Gasteiger partial charge in [-0.2, -0.15) is 0 Å². The number of carbonyl (C=O) groups excluding carboxylic acids is 4. The van der Waals surface area contributed by atoms with E-state index in [1.165, 1.54) is 0 Å². The van der Waals surface area contributed by atoms with Crippen LogP contribution >= 0.6 is 0 Å². The minimum Gasteiger partial charge on any atom is -0.483 e. The molecule has 0 saturated carbocycles. The molecule has 0 aliphatic rings. The number of ketones is 2. The maximum absolute atomic E-state index is 13.0. The monoisotopic (exact) mass is 626 g/mol. The average molecular weight is 627 g/mol. The molecule has 0 saturated heterocycles. The predicted octanol–water partition coefficient (Wildman–Crippen LogP) is 7.11. The van der Waals surface area contributed by atoms with Crippen molar-refractivity contribution < 1.29 is 28.7 Å². The molecule has 0 spiro atoms. The lowest BCUT2D eigenvalue weighted by Gasteiger charge is -2.15. The van der Waals surface area contributed by atoms with Crippen LogP contribution in [0.15, 0.2) is 115 Å². The van der Waals surface area contributed by atoms with E-state index in [0.29, 0.717) is 45.1 Å². The van der Waals surface area contributed by atoms with E-state index in [4.69, 9.17) is 9.47 Å². The highest BCUT2D eigenvalue weighted by molar-refractivity contribution is 6.10. The molecule has 2 amide bonds. The number of hydrogen-bond acceptors (Lipinski definition) is 6. The standard InChI is InChI=1S/C39H34N2O6/c1-25-22-35(27(3)21-31(25)39(45)29-14-8-5-9-15-29)47-24-37(43)41-33-17-11-10-16-32(33)40-36(42)23-46-34-19-18-30(20-26(34)2)38(44)28-12-6-4-7-13-28/h4-22H,23-24H2,1-3H3,(H,40,42)(H,41,43). The number of carbonyl (C=O) groups is 4. The van der Waals surface area contributed by atoms with E-state index in [1.807, 2.05) is 57.2 Å². The third kappa shape index (κ3) is 8.18. The third-order valence-corrected chi connectivity index (χ3v) is 7.47. The predicted molar refractivity (Wildman–Crippen MR) is 182 cm³/mol. The highest BCUT2D eigenvalue weighted by Crippen LogP contribution is 2.26. The molecule has 0 radical (unpaired) electrons. The zero-order chi connectivity index (χ0) is 33.3. The van der Waals surface area contributed by atoms with Crippen molar-refractivity contribution in [3.8, 4) is 11.5 Å². The van der Waals surface area contributed by atoms with Crippen molar-refractivity contribution in [2.75, 3.05) is 23.8 Å². The van der Waals surface area contributed by atoms with Crippen molar-refractivity contribution in [2.24, 2.45) is 0 Å². The summed E-state index contributed by atoms with van der Waals surface area (Å²) < 4.78 is 11.5. The molecule has 8 nitrogen and oxygen atoms in total. The first-order valence-electron chi connectivity index (χ1n) is 15.1. The maximum atomic E-state index is 13.0. The summed E-state index contributed by atoms with van der Waals surface area (Å²) in [5, 5.41) is 5.55. The number of aryl methyl sites for hydroxylation is 3. The van der Waals surface area contributed by atoms with Crippen LogP contribution in [0.1, 0.15) is 48.5 Å². The van der Waals surface area contributed by atoms with Gasteiger partial charge in [0, 0.05) is 22.3 Å². The van der Waals surface area contributed by atoms with Crippen molar-refractivity contribution in [3.63, 3.8) is 0 Å². The van der Waals surface area contributed by atoms with E-state index in [2.05, 4.69) is 10.6 Å². The highest BCUT2D eigenvalue weighted by Gasteiger charge is 2.16. The van der Waals surface area contributed by atoms with E-state index in [9.17, 15) is 19.2 Å². The molecule has 47 heavy (non-hydrogen) atoms. The van der Waals surface area contributed by atoms with Gasteiger partial charge in [0.15, 0.2) is 24.8 Å². The average Bonchev–Trinajstić information content (AvgIpc) is 3.09. The van der Waals surface area contributed by atoms with Crippen LogP contribution in [0.3, 0.4) is 0 Å². The van der Waals surface area contributed by atoms with Crippen LogP contribution in [0.2, 0.25) is 0 Å². The van der Waals surface area contributed by atoms with Gasteiger partial charge in [-0.05, 0) is 79.9 Å². The van der Waals surface area contributed by atoms with Crippen LogP contribution in [-0.2, 0) is 9.59 Å². The van der Waals surface area contributed by atoms with Gasteiger partial charge >= 0.3 is 0 Å². The van der Waals surface area contributed by atoms with E-state index in [0.717, 1.165) is 16.7 Å². The Kier molecular flexibility index (Phi) is 10.2. The Balaban J connectivity index is 1.15. The van der Waals surface area contributed by atoms with Crippen LogP contribution in [0.5, 0.6) is 11.5 Å². The third-order valence-electron chi connectivity index (χ3n) is 7.47. The Morgan fingerprint density at radius 3 is 1.53 bits per heavy atom. The molecular weight excluding hydrogens is 592 g/mol. The van der Waals surface area contributed by atoms with E-state index >= 15 is 0 Å². The Morgan fingerprint density at radius 2 is 0.979 bits per heavy atom. The SMILES string of the molecule is Cc1cc(C(=O)c2ccccc2)ccc1OCC(=O)Nc1ccccc1NC(=O)COc1cc(C)c(C(=O)c2ccccc2)cc1C. The topological polar surface area (TPSA) is 111 Å². The lowest BCUT2D eigenvalue weighted by atomic mass is 9.97. The molecule has 5 aromatic carbocycles. The van der Waals surface area contributed by atoms with Crippen molar-refractivity contribution >= 4 is 34.8 Å². The van der Waals surface area contributed by atoms with E-state index in [-0.39, 0.29) is 24.8 Å². The molecule has 0 aliphatic heterocycles. The van der Waals surface area contributed by atoms with Gasteiger partial charge in [0.25, 0.3) is 11.8 Å². The minimum absolute atomic E-state index is 0.0806. The van der Waals surface area contributed by atoms with Gasteiger partial charge in [0.1, 0.15) is 11.5 Å². The zero-order valence-electron chi connectivity index (χ0n) is 26.3. The normalized spacial score (nSPS) is 10.5. The molecule has 0 aromatic heterocycles. The van der Waals surface area contributed by atoms with Gasteiger partial charge in [-0.15, -0.1) is 0 Å². The van der Waals surface area contributed by atoms with Crippen molar-refractivity contribution in [1.82, 2.24) is 0 Å². The summed E-state index contributed by atoms with van der Waals surface area (Å²) in [6.07, 6.45) is 0. The van der Waals surface area contributed by atoms with E-state index in [1.54, 1.807) is 78.9 Å². The lowest BCUT2D eigenvalue weighted by Crippen LogP contribution is -2.24. The fourth-order valence-electron chi connectivity index (χ4n) is 5.00. The minimum atomic E-state index is -0.428. The summed E-state index contributed by atoms with van der Waals surface area (Å²) in [4.78, 5) is 51.3. The van der Waals surface area contributed by atoms with Gasteiger partial charge in [-0.3, -0.25) is 19.2 Å². The second kappa shape index (κ2) is 14.8. The van der Waals surface area contributed by atoms with Gasteiger partial charge in [0.05, 0.1) is 11.4 Å². The van der Waals surface area contributed by atoms with Crippen LogP contribution in [0.25, 0.3) is 0 Å². The molecule has 0 unspecified atom stereocenters. The smallest absolute Gasteiger partial charge is 0.262 e. The van der Waals surface area contributed by atoms with Crippen molar-refractivity contribution in [2.45, 2.75) is 20.8 Å². The van der Waals surface area contributed by atoms with Crippen LogP contribution in [0.4, 0.5) is 11.4 Å². The number of benzene rings is 5. The molecule has 2 N–H and O–H groups in total. The van der Waals surface area contributed by atoms with Crippen LogP contribution < -0.4 is 20.1 Å². The van der Waals surface area contributed by atoms with Crippen LogP contribution in [-0.4, -0.2) is 36.6 Å². The number of hydrogen-bond donors (Lipinski definition) is 2. The fourth-order valence-corrected chi connectivity index (χ4v) is 5.00. The molecule has 5 rings (SSSR count). The van der Waals surface area contributed by atoms with E-state index < -0.39 is 11.8 Å². The Bertz CT molecular complexity index is 1940. The van der Waals surface area contributed by atoms with Crippen molar-refractivity contribution in [1.29, 1.82) is 0 Å². The second-order valence-electron chi connectivity index (χ2n) is 11.0. The van der Waals surface area contributed by atoms with Gasteiger partial charge < -0.3 is 20.1 Å². The summed E-state index contributed by atoms with van der Waals surface area (Å²) in [5.74, 6) is -0.0584. The summed E-state index contributed by atoms with van der Waals surface area (Å²) in [7, 11) is 0. The number of para-hydroxylation sites is 2. The van der Waals surface area contributed by atoms with Gasteiger partial charge in [0.2, 0.25) is 0 Å². The van der Waals surface area contributed by atoms with Gasteiger partial charge in [-0.25, -0.2) is 0 Å². The molecular formula is C39H34N2O6. The zero-order valence-corrected chi connectivity index (χ0v) is 26.3. The quantitative estimate of drug-likeness (QED) is 0.143. The Labute approximate surface area is 273 Å². The second-order valence-corrected chi connectivity index (χ2v) is 11.0. The fraction of sp³-hybridized carbons (Fsp3) is 0.128. The summed E-state index contributed by atoms with van der Waals surface area (Å²) in [6.45, 7) is 4.90. The molecule has 236 valence electrons. The largest absolute Gasteiger partial charge is 0.483 e. The highest BCUT2D eigenvalue weighted by atomic mass is 16.5. The number of anilines is 2. The summed E-state index contributed by atoms with van der Waals surface area (Å²) in [6, 6.07) is 33.5. The Morgan fingerprint density at radius 1 is 0.489 bits per heavy atom. The number of nitrogens with one attached hydrogen (secondary N) is 2. The molecule has 0 bridgehead atoms. The first-order valence-corrected chi connectivity index (χ1v) is 15.1. The number of rotatable bonds is 12. The summed E-state index contributed by atoms with van der Waals surface area (Å²) in [5.41, 5.74) is 5.26. The maximum Gasteiger partial charge on any atom is 0.262 e. The molecule has 0 fully saturated rings. The molecule has 0 heterocycles. The number of ether oxygens (including phenoxy) is 2. The summed E-state index contributed by atoms with van der Waals surface area (Å²) >= 11 is 0. The van der Waals surface area contributed by atoms with Crippen LogP contribution in [0, 0.1) is 20.8 Å². The first-order chi connectivity index (χ1) is 22.7. The first kappa shape index (κ1) is 32.4. The molecule has 8 heteroatoms. The molecule has 5 aromatic rings. The lowest BCUT2D eigenvalue weighted by molar-refractivity contribution is -0.119. The Hall–Kier alpha value is -6.02. The van der Waals surface area contributed by atoms with Gasteiger partial charge in [-0.1, -0.05) is 72.8 Å². The number of amides is 2. The molecule has 0 aliphatic carbocycles. The van der Waals surface area contributed by atoms with Crippen molar-refractivity contribution in [3.05, 3.63) is 154 Å². The molecule has 0 atom stereocenters.